The van der Waals surface area contributed by atoms with Gasteiger partial charge in [0.25, 0.3) is 0 Å². The maximum absolute atomic E-state index is 12.0. The minimum atomic E-state index is -0.197. The van der Waals surface area contributed by atoms with Gasteiger partial charge in [-0.2, -0.15) is 0 Å². The summed E-state index contributed by atoms with van der Waals surface area (Å²) < 4.78 is 0. The van der Waals surface area contributed by atoms with Crippen molar-refractivity contribution in [3.8, 4) is 0 Å². The van der Waals surface area contributed by atoms with Gasteiger partial charge in [-0.15, -0.1) is 11.3 Å². The summed E-state index contributed by atoms with van der Waals surface area (Å²) in [5.74, 6) is 0.203. The maximum atomic E-state index is 12.0. The Hall–Kier alpha value is -2.34. The Kier molecular flexibility index (Phi) is 4.34. The molecule has 0 aliphatic heterocycles. The zero-order valence-corrected chi connectivity index (χ0v) is 14.3. The fourth-order valence-electron chi connectivity index (χ4n) is 2.46. The molecule has 0 fully saturated rings. The molecule has 23 heavy (non-hydrogen) atoms. The number of urea groups is 1. The molecule has 0 aliphatic carbocycles. The van der Waals surface area contributed by atoms with Crippen molar-refractivity contribution in [1.29, 1.82) is 0 Å². The number of aromatic amines is 1. The Labute approximate surface area is 139 Å². The van der Waals surface area contributed by atoms with Crippen LogP contribution in [0.4, 0.5) is 10.5 Å². The first-order valence-electron chi connectivity index (χ1n) is 7.57. The predicted molar refractivity (Wildman–Crippen MR) is 95.3 cm³/mol. The zero-order chi connectivity index (χ0) is 16.4. The van der Waals surface area contributed by atoms with Gasteiger partial charge in [0.2, 0.25) is 0 Å². The summed E-state index contributed by atoms with van der Waals surface area (Å²) in [5.41, 5.74) is 3.98. The number of aryl methyl sites for hydroxylation is 2. The number of H-pyrrole nitrogens is 1. The normalized spacial score (nSPS) is 12.3. The fourth-order valence-corrected chi connectivity index (χ4v) is 3.32. The Balaban J connectivity index is 1.57. The lowest BCUT2D eigenvalue weighted by molar-refractivity contribution is 0.251. The highest BCUT2D eigenvalue weighted by Gasteiger charge is 2.11. The Morgan fingerprint density at radius 1 is 1.35 bits per heavy atom. The lowest BCUT2D eigenvalue weighted by Gasteiger charge is -2.11. The molecule has 6 heteroatoms. The van der Waals surface area contributed by atoms with Crippen LogP contribution in [0.3, 0.4) is 0 Å². The van der Waals surface area contributed by atoms with Crippen LogP contribution < -0.4 is 10.6 Å². The molecule has 0 unspecified atom stereocenters. The van der Waals surface area contributed by atoms with Gasteiger partial charge in [-0.25, -0.2) is 9.78 Å². The van der Waals surface area contributed by atoms with Crippen molar-refractivity contribution in [2.24, 2.45) is 0 Å². The van der Waals surface area contributed by atoms with E-state index in [1.165, 1.54) is 0 Å². The number of benzene rings is 1. The number of carbonyl (C=O) groups excluding carboxylic acids is 1. The molecule has 1 atom stereocenters. The fraction of sp³-hybridized carbons (Fsp3) is 0.294. The predicted octanol–water partition coefficient (Wildman–Crippen LogP) is 4.17. The lowest BCUT2D eigenvalue weighted by atomic mass is 10.2. The van der Waals surface area contributed by atoms with Crippen LogP contribution in [-0.2, 0) is 0 Å². The summed E-state index contributed by atoms with van der Waals surface area (Å²) in [6.45, 7) is 6.62. The number of aromatic nitrogens is 2. The molecule has 3 aromatic rings. The molecule has 5 nitrogen and oxygen atoms in total. The van der Waals surface area contributed by atoms with Gasteiger partial charge in [0.1, 0.15) is 0 Å². The number of nitrogens with one attached hydrogen (secondary N) is 3. The first kappa shape index (κ1) is 15.6. The first-order chi connectivity index (χ1) is 11.0. The van der Waals surface area contributed by atoms with E-state index in [1.807, 2.05) is 37.4 Å². The van der Waals surface area contributed by atoms with E-state index in [-0.39, 0.29) is 11.9 Å². The van der Waals surface area contributed by atoms with E-state index < -0.39 is 0 Å². The molecule has 1 aromatic carbocycles. The quantitative estimate of drug-likeness (QED) is 0.673. The first-order valence-corrected chi connectivity index (χ1v) is 8.45. The van der Waals surface area contributed by atoms with E-state index in [0.29, 0.717) is 6.54 Å². The molecular formula is C17H20N4OS. The van der Waals surface area contributed by atoms with E-state index in [0.717, 1.165) is 33.0 Å². The van der Waals surface area contributed by atoms with Gasteiger partial charge >= 0.3 is 6.03 Å². The minimum absolute atomic E-state index is 0.197. The second-order valence-electron chi connectivity index (χ2n) is 5.82. The number of fused-ring (bicyclic) bond motifs is 1. The number of hydrogen-bond donors (Lipinski definition) is 3. The lowest BCUT2D eigenvalue weighted by Crippen LogP contribution is -2.31. The van der Waals surface area contributed by atoms with Crippen LogP contribution in [0.2, 0.25) is 0 Å². The third-order valence-electron chi connectivity index (χ3n) is 3.64. The van der Waals surface area contributed by atoms with Crippen LogP contribution in [0.5, 0.6) is 0 Å². The van der Waals surface area contributed by atoms with Crippen LogP contribution in [-0.4, -0.2) is 22.5 Å². The summed E-state index contributed by atoms with van der Waals surface area (Å²) in [6.07, 6.45) is 0. The van der Waals surface area contributed by atoms with Crippen molar-refractivity contribution in [3.05, 3.63) is 46.0 Å². The van der Waals surface area contributed by atoms with E-state index in [1.54, 1.807) is 11.3 Å². The topological polar surface area (TPSA) is 69.8 Å². The molecule has 2 heterocycles. The molecule has 2 amide bonds. The van der Waals surface area contributed by atoms with Gasteiger partial charge in [-0.1, -0.05) is 6.92 Å². The summed E-state index contributed by atoms with van der Waals surface area (Å²) in [6, 6.07) is 7.69. The highest BCUT2D eigenvalue weighted by Crippen LogP contribution is 2.20. The smallest absolute Gasteiger partial charge is 0.319 e. The van der Waals surface area contributed by atoms with E-state index >= 15 is 0 Å². The Morgan fingerprint density at radius 3 is 2.91 bits per heavy atom. The van der Waals surface area contributed by atoms with Crippen molar-refractivity contribution >= 4 is 34.0 Å². The molecule has 0 saturated heterocycles. The number of nitrogens with zero attached hydrogens (tertiary/aromatic N) is 1. The zero-order valence-electron chi connectivity index (χ0n) is 13.4. The number of amides is 2. The van der Waals surface area contributed by atoms with Gasteiger partial charge in [0, 0.05) is 45.8 Å². The molecule has 3 rings (SSSR count). The monoisotopic (exact) mass is 328 g/mol. The largest absolute Gasteiger partial charge is 0.359 e. The molecular weight excluding hydrogens is 308 g/mol. The standard InChI is InChI=1S/C17H20N4OS/c1-10(16-20-12(3)9-23-16)8-18-17(22)21-14-4-5-15-13(7-14)6-11(2)19-15/h4-7,9-10,19H,8H2,1-3H3,(H2,18,21,22)/t10-/m0/s1. The van der Waals surface area contributed by atoms with E-state index in [9.17, 15) is 4.79 Å². The number of anilines is 1. The van der Waals surface area contributed by atoms with Crippen LogP contribution in [0, 0.1) is 13.8 Å². The maximum Gasteiger partial charge on any atom is 0.319 e. The second-order valence-corrected chi connectivity index (χ2v) is 6.71. The SMILES string of the molecule is Cc1csc([C@@H](C)CNC(=O)Nc2ccc3[nH]c(C)cc3c2)n1. The number of carbonyl (C=O) groups is 1. The van der Waals surface area contributed by atoms with Crippen LogP contribution >= 0.6 is 11.3 Å². The number of thiazole rings is 1. The Bertz CT molecular complexity index is 836. The average molecular weight is 328 g/mol. The summed E-state index contributed by atoms with van der Waals surface area (Å²) in [5, 5.41) is 9.94. The van der Waals surface area contributed by atoms with Gasteiger partial charge in [0.15, 0.2) is 0 Å². The average Bonchev–Trinajstić information content (AvgIpc) is 3.09. The van der Waals surface area contributed by atoms with Crippen molar-refractivity contribution in [2.75, 3.05) is 11.9 Å². The van der Waals surface area contributed by atoms with Crippen LogP contribution in [0.25, 0.3) is 10.9 Å². The summed E-state index contributed by atoms with van der Waals surface area (Å²) >= 11 is 1.63. The van der Waals surface area contributed by atoms with Gasteiger partial charge < -0.3 is 15.6 Å². The molecule has 3 N–H and O–H groups in total. The molecule has 0 spiro atoms. The van der Waals surface area contributed by atoms with Crippen LogP contribution in [0.1, 0.15) is 29.2 Å². The number of rotatable bonds is 4. The van der Waals surface area contributed by atoms with Crippen molar-refractivity contribution < 1.29 is 4.79 Å². The van der Waals surface area contributed by atoms with E-state index in [4.69, 9.17) is 0 Å². The third kappa shape index (κ3) is 3.71. The highest BCUT2D eigenvalue weighted by atomic mass is 32.1. The summed E-state index contributed by atoms with van der Waals surface area (Å²) in [4.78, 5) is 19.8. The molecule has 2 aromatic heterocycles. The molecule has 0 aliphatic rings. The van der Waals surface area contributed by atoms with Crippen molar-refractivity contribution in [2.45, 2.75) is 26.7 Å². The molecule has 0 bridgehead atoms. The molecule has 0 radical (unpaired) electrons. The van der Waals surface area contributed by atoms with Gasteiger partial charge in [-0.3, -0.25) is 0 Å². The van der Waals surface area contributed by atoms with Gasteiger partial charge in [0.05, 0.1) is 5.01 Å². The minimum Gasteiger partial charge on any atom is -0.359 e. The third-order valence-corrected chi connectivity index (χ3v) is 4.83. The molecule has 0 saturated carbocycles. The molecule has 120 valence electrons. The highest BCUT2D eigenvalue weighted by molar-refractivity contribution is 7.09. The Morgan fingerprint density at radius 2 is 2.17 bits per heavy atom. The van der Waals surface area contributed by atoms with Crippen molar-refractivity contribution in [1.82, 2.24) is 15.3 Å². The second kappa shape index (κ2) is 6.42. The van der Waals surface area contributed by atoms with Gasteiger partial charge in [-0.05, 0) is 38.1 Å². The number of hydrogen-bond acceptors (Lipinski definition) is 3. The van der Waals surface area contributed by atoms with E-state index in [2.05, 4.69) is 33.6 Å². The van der Waals surface area contributed by atoms with Crippen molar-refractivity contribution in [3.63, 3.8) is 0 Å². The van der Waals surface area contributed by atoms with Crippen LogP contribution in [0.15, 0.2) is 29.6 Å². The summed E-state index contributed by atoms with van der Waals surface area (Å²) in [7, 11) is 0.